The lowest BCUT2D eigenvalue weighted by Gasteiger charge is -2.08. The van der Waals surface area contributed by atoms with Crippen LogP contribution in [0.2, 0.25) is 0 Å². The summed E-state index contributed by atoms with van der Waals surface area (Å²) in [5.41, 5.74) is 1.74. The molecular formula is C19H17BrN4OS. The number of nitrogens with one attached hydrogen (secondary N) is 1. The number of carbonyl (C=O) groups is 1. The van der Waals surface area contributed by atoms with Gasteiger partial charge in [-0.1, -0.05) is 64.1 Å². The second-order valence-electron chi connectivity index (χ2n) is 5.42. The third kappa shape index (κ3) is 4.62. The Balaban J connectivity index is 1.72. The van der Waals surface area contributed by atoms with Crippen LogP contribution < -0.4 is 5.32 Å². The van der Waals surface area contributed by atoms with E-state index in [9.17, 15) is 4.79 Å². The van der Waals surface area contributed by atoms with Gasteiger partial charge in [-0.05, 0) is 24.3 Å². The molecule has 0 radical (unpaired) electrons. The van der Waals surface area contributed by atoms with Crippen molar-refractivity contribution in [3.05, 3.63) is 71.7 Å². The predicted molar refractivity (Wildman–Crippen MR) is 109 cm³/mol. The van der Waals surface area contributed by atoms with E-state index in [1.165, 1.54) is 11.8 Å². The maximum atomic E-state index is 12.2. The summed E-state index contributed by atoms with van der Waals surface area (Å²) in [6.07, 6.45) is 1.79. The van der Waals surface area contributed by atoms with Gasteiger partial charge >= 0.3 is 0 Å². The normalized spacial score (nSPS) is 10.5. The van der Waals surface area contributed by atoms with Crippen LogP contribution in [0.1, 0.15) is 0 Å². The number of rotatable bonds is 7. The van der Waals surface area contributed by atoms with Gasteiger partial charge in [0.05, 0.1) is 5.75 Å². The van der Waals surface area contributed by atoms with Gasteiger partial charge in [-0.2, -0.15) is 0 Å². The maximum Gasteiger partial charge on any atom is 0.234 e. The molecule has 132 valence electrons. The quantitative estimate of drug-likeness (QED) is 0.440. The molecule has 3 rings (SSSR count). The number of carbonyl (C=O) groups excluding carboxylic acids is 1. The largest absolute Gasteiger partial charge is 0.325 e. The van der Waals surface area contributed by atoms with Crippen LogP contribution in [0.4, 0.5) is 5.69 Å². The van der Waals surface area contributed by atoms with Crippen LogP contribution in [0.25, 0.3) is 11.4 Å². The number of para-hydroxylation sites is 1. The maximum absolute atomic E-state index is 12.2. The molecule has 3 aromatic rings. The van der Waals surface area contributed by atoms with Crippen molar-refractivity contribution in [2.75, 3.05) is 11.1 Å². The minimum Gasteiger partial charge on any atom is -0.325 e. The Hall–Kier alpha value is -2.38. The molecule has 0 aliphatic rings. The summed E-state index contributed by atoms with van der Waals surface area (Å²) in [5, 5.41) is 12.1. The molecule has 1 aromatic heterocycles. The van der Waals surface area contributed by atoms with Gasteiger partial charge in [0.15, 0.2) is 11.0 Å². The molecule has 0 aliphatic heterocycles. The highest BCUT2D eigenvalue weighted by molar-refractivity contribution is 9.10. The van der Waals surface area contributed by atoms with E-state index in [0.717, 1.165) is 21.5 Å². The Morgan fingerprint density at radius 3 is 2.58 bits per heavy atom. The van der Waals surface area contributed by atoms with Gasteiger partial charge in [-0.15, -0.1) is 16.8 Å². The Kier molecular flexibility index (Phi) is 6.25. The molecule has 0 saturated carbocycles. The zero-order chi connectivity index (χ0) is 18.4. The second-order valence-corrected chi connectivity index (χ2v) is 7.27. The van der Waals surface area contributed by atoms with E-state index in [0.29, 0.717) is 11.7 Å². The third-order valence-corrected chi connectivity index (χ3v) is 5.02. The monoisotopic (exact) mass is 428 g/mol. The number of anilines is 1. The molecule has 1 amide bonds. The van der Waals surface area contributed by atoms with E-state index in [2.05, 4.69) is 38.0 Å². The van der Waals surface area contributed by atoms with Crippen molar-refractivity contribution in [2.45, 2.75) is 11.7 Å². The summed E-state index contributed by atoms with van der Waals surface area (Å²) in [6, 6.07) is 17.3. The number of allylic oxidation sites excluding steroid dienone is 1. The van der Waals surface area contributed by atoms with Crippen LogP contribution in [0.3, 0.4) is 0 Å². The van der Waals surface area contributed by atoms with Crippen molar-refractivity contribution in [3.8, 4) is 11.4 Å². The highest BCUT2D eigenvalue weighted by atomic mass is 79.9. The van der Waals surface area contributed by atoms with Crippen LogP contribution in [0, 0.1) is 0 Å². The predicted octanol–water partition coefficient (Wildman–Crippen LogP) is 4.62. The van der Waals surface area contributed by atoms with E-state index in [4.69, 9.17) is 0 Å². The Morgan fingerprint density at radius 1 is 1.15 bits per heavy atom. The molecule has 0 aliphatic carbocycles. The van der Waals surface area contributed by atoms with Crippen LogP contribution >= 0.6 is 27.7 Å². The lowest BCUT2D eigenvalue weighted by molar-refractivity contribution is -0.113. The van der Waals surface area contributed by atoms with Crippen molar-refractivity contribution in [1.82, 2.24) is 14.8 Å². The van der Waals surface area contributed by atoms with Crippen molar-refractivity contribution in [1.29, 1.82) is 0 Å². The van der Waals surface area contributed by atoms with Gasteiger partial charge < -0.3 is 5.32 Å². The fourth-order valence-corrected chi connectivity index (χ4v) is 3.36. The first-order valence-electron chi connectivity index (χ1n) is 7.95. The number of nitrogens with zero attached hydrogens (tertiary/aromatic N) is 3. The molecule has 0 unspecified atom stereocenters. The van der Waals surface area contributed by atoms with Crippen molar-refractivity contribution in [2.24, 2.45) is 0 Å². The van der Waals surface area contributed by atoms with E-state index in [-0.39, 0.29) is 11.7 Å². The molecule has 1 heterocycles. The summed E-state index contributed by atoms with van der Waals surface area (Å²) in [7, 11) is 0. The fourth-order valence-electron chi connectivity index (χ4n) is 2.35. The van der Waals surface area contributed by atoms with Crippen LogP contribution in [0.5, 0.6) is 0 Å². The molecule has 0 fully saturated rings. The SMILES string of the molecule is C=CCn1c(SCC(=O)Nc2ccccc2)nnc1-c1ccc(Br)cc1. The molecule has 0 spiro atoms. The fraction of sp³-hybridized carbons (Fsp3) is 0.105. The van der Waals surface area contributed by atoms with Gasteiger partial charge in [0.25, 0.3) is 0 Å². The summed E-state index contributed by atoms with van der Waals surface area (Å²) < 4.78 is 2.96. The number of benzene rings is 2. The first kappa shape index (κ1) is 18.4. The zero-order valence-electron chi connectivity index (χ0n) is 13.9. The standard InChI is InChI=1S/C19H17BrN4OS/c1-2-12-24-18(14-8-10-15(20)11-9-14)22-23-19(24)26-13-17(25)21-16-6-4-3-5-7-16/h2-11H,1,12-13H2,(H,21,25). The minimum atomic E-state index is -0.0838. The first-order chi connectivity index (χ1) is 12.7. The molecule has 0 atom stereocenters. The lowest BCUT2D eigenvalue weighted by atomic mass is 10.2. The van der Waals surface area contributed by atoms with Crippen molar-refractivity contribution >= 4 is 39.3 Å². The van der Waals surface area contributed by atoms with Crippen LogP contribution in [0.15, 0.2) is 76.9 Å². The Bertz CT molecular complexity index is 894. The summed E-state index contributed by atoms with van der Waals surface area (Å²) in [6.45, 7) is 4.37. The lowest BCUT2D eigenvalue weighted by Crippen LogP contribution is -2.14. The molecule has 7 heteroatoms. The summed E-state index contributed by atoms with van der Waals surface area (Å²) in [5.74, 6) is 0.924. The zero-order valence-corrected chi connectivity index (χ0v) is 16.3. The van der Waals surface area contributed by atoms with Gasteiger partial charge in [-0.3, -0.25) is 9.36 Å². The first-order valence-corrected chi connectivity index (χ1v) is 9.73. The number of thioether (sulfide) groups is 1. The Morgan fingerprint density at radius 2 is 1.88 bits per heavy atom. The van der Waals surface area contributed by atoms with E-state index in [1.807, 2.05) is 59.2 Å². The smallest absolute Gasteiger partial charge is 0.234 e. The molecule has 2 aromatic carbocycles. The Labute approximate surface area is 164 Å². The topological polar surface area (TPSA) is 59.8 Å². The average molecular weight is 429 g/mol. The minimum absolute atomic E-state index is 0.0838. The van der Waals surface area contributed by atoms with Crippen LogP contribution in [-0.4, -0.2) is 26.4 Å². The highest BCUT2D eigenvalue weighted by Crippen LogP contribution is 2.25. The number of hydrogen-bond donors (Lipinski definition) is 1. The van der Waals surface area contributed by atoms with Crippen LogP contribution in [-0.2, 0) is 11.3 Å². The molecule has 5 nitrogen and oxygen atoms in total. The third-order valence-electron chi connectivity index (χ3n) is 3.52. The molecule has 0 bridgehead atoms. The molecule has 26 heavy (non-hydrogen) atoms. The second kappa shape index (κ2) is 8.82. The number of aromatic nitrogens is 3. The highest BCUT2D eigenvalue weighted by Gasteiger charge is 2.15. The number of halogens is 1. The molecular weight excluding hydrogens is 412 g/mol. The van der Waals surface area contributed by atoms with E-state index >= 15 is 0 Å². The van der Waals surface area contributed by atoms with Gasteiger partial charge in [0, 0.05) is 22.3 Å². The number of amides is 1. The van der Waals surface area contributed by atoms with Gasteiger partial charge in [0.2, 0.25) is 5.91 Å². The summed E-state index contributed by atoms with van der Waals surface area (Å²) >= 11 is 4.79. The van der Waals surface area contributed by atoms with E-state index in [1.54, 1.807) is 6.08 Å². The average Bonchev–Trinajstić information content (AvgIpc) is 3.05. The van der Waals surface area contributed by atoms with Crippen molar-refractivity contribution in [3.63, 3.8) is 0 Å². The van der Waals surface area contributed by atoms with Gasteiger partial charge in [0.1, 0.15) is 0 Å². The summed E-state index contributed by atoms with van der Waals surface area (Å²) in [4.78, 5) is 12.2. The molecule has 0 saturated heterocycles. The number of hydrogen-bond acceptors (Lipinski definition) is 4. The van der Waals surface area contributed by atoms with Gasteiger partial charge in [-0.25, -0.2) is 0 Å². The van der Waals surface area contributed by atoms with E-state index < -0.39 is 0 Å². The van der Waals surface area contributed by atoms with Crippen molar-refractivity contribution < 1.29 is 4.79 Å². The molecule has 1 N–H and O–H groups in total.